The molecule has 1 aliphatic rings. The molecule has 0 radical (unpaired) electrons. The number of aromatic nitrogens is 1. The van der Waals surface area contributed by atoms with Gasteiger partial charge in [0.25, 0.3) is 0 Å². The molecule has 1 fully saturated rings. The van der Waals surface area contributed by atoms with E-state index in [0.29, 0.717) is 18.7 Å². The average molecular weight is 250 g/mol. The summed E-state index contributed by atoms with van der Waals surface area (Å²) in [6.45, 7) is 4.07. The second-order valence-corrected chi connectivity index (χ2v) is 4.99. The topological polar surface area (TPSA) is 62.7 Å². The van der Waals surface area contributed by atoms with Crippen LogP contribution in [-0.4, -0.2) is 46.8 Å². The summed E-state index contributed by atoms with van der Waals surface area (Å²) in [4.78, 5) is 17.6. The van der Waals surface area contributed by atoms with E-state index < -0.39 is 5.60 Å². The Morgan fingerprint density at radius 2 is 2.39 bits per heavy atom. The summed E-state index contributed by atoms with van der Waals surface area (Å²) >= 11 is 0. The predicted molar refractivity (Wildman–Crippen MR) is 66.1 cm³/mol. The Kier molecular flexibility index (Phi) is 3.63. The van der Waals surface area contributed by atoms with Crippen LogP contribution in [0, 0.1) is 0 Å². The molecule has 0 saturated carbocycles. The summed E-state index contributed by atoms with van der Waals surface area (Å²) in [7, 11) is 1.35. The number of methoxy groups -OCH3 is 1. The van der Waals surface area contributed by atoms with Crippen molar-refractivity contribution in [1.29, 1.82) is 0 Å². The highest BCUT2D eigenvalue weighted by molar-refractivity contribution is 5.88. The largest absolute Gasteiger partial charge is 0.465 e. The van der Waals surface area contributed by atoms with Crippen molar-refractivity contribution in [3.8, 4) is 0 Å². The van der Waals surface area contributed by atoms with Crippen LogP contribution in [0.25, 0.3) is 0 Å². The lowest BCUT2D eigenvalue weighted by Crippen LogP contribution is -2.29. The number of hydrogen-bond acceptors (Lipinski definition) is 5. The zero-order chi connectivity index (χ0) is 13.2. The Balaban J connectivity index is 1.97. The minimum absolute atomic E-state index is 0.377. The van der Waals surface area contributed by atoms with Crippen molar-refractivity contribution in [3.05, 3.63) is 29.6 Å². The maximum absolute atomic E-state index is 11.2. The van der Waals surface area contributed by atoms with Crippen LogP contribution < -0.4 is 0 Å². The summed E-state index contributed by atoms with van der Waals surface area (Å²) in [5, 5.41) is 9.87. The van der Waals surface area contributed by atoms with Crippen molar-refractivity contribution < 1.29 is 14.6 Å². The molecule has 1 aliphatic heterocycles. The molecule has 0 aliphatic carbocycles. The Morgan fingerprint density at radius 1 is 1.61 bits per heavy atom. The Morgan fingerprint density at radius 3 is 2.89 bits per heavy atom. The summed E-state index contributed by atoms with van der Waals surface area (Å²) in [6, 6.07) is 3.53. The van der Waals surface area contributed by atoms with Crippen molar-refractivity contribution in [1.82, 2.24) is 9.88 Å². The van der Waals surface area contributed by atoms with Crippen molar-refractivity contribution in [2.24, 2.45) is 0 Å². The number of carbonyl (C=O) groups excluding carboxylic acids is 1. The van der Waals surface area contributed by atoms with Gasteiger partial charge in [0.2, 0.25) is 0 Å². The molecule has 2 heterocycles. The number of carbonyl (C=O) groups is 1. The molecule has 1 saturated heterocycles. The van der Waals surface area contributed by atoms with E-state index in [1.165, 1.54) is 13.3 Å². The van der Waals surface area contributed by atoms with Gasteiger partial charge in [0.05, 0.1) is 24.0 Å². The maximum Gasteiger partial charge on any atom is 0.339 e. The third-order valence-corrected chi connectivity index (χ3v) is 3.16. The van der Waals surface area contributed by atoms with Gasteiger partial charge in [-0.1, -0.05) is 0 Å². The summed E-state index contributed by atoms with van der Waals surface area (Å²) in [5.41, 5.74) is 0.751. The lowest BCUT2D eigenvalue weighted by atomic mass is 10.1. The van der Waals surface area contributed by atoms with Crippen LogP contribution in [0.15, 0.2) is 18.3 Å². The molecule has 18 heavy (non-hydrogen) atoms. The molecule has 1 aromatic heterocycles. The highest BCUT2D eigenvalue weighted by Crippen LogP contribution is 2.21. The number of hydrogen-bond donors (Lipinski definition) is 1. The third-order valence-electron chi connectivity index (χ3n) is 3.16. The molecule has 2 rings (SSSR count). The van der Waals surface area contributed by atoms with Crippen LogP contribution >= 0.6 is 0 Å². The summed E-state index contributed by atoms with van der Waals surface area (Å²) in [6.07, 6.45) is 2.31. The van der Waals surface area contributed by atoms with Crippen molar-refractivity contribution in [2.45, 2.75) is 25.5 Å². The number of β-amino-alcohol motifs (C(OH)–C–C–N with tert-alkyl or cyclic N) is 1. The molecule has 1 aromatic rings. The summed E-state index contributed by atoms with van der Waals surface area (Å²) < 4.78 is 4.61. The van der Waals surface area contributed by atoms with E-state index in [2.05, 4.69) is 14.6 Å². The van der Waals surface area contributed by atoms with Gasteiger partial charge in [-0.3, -0.25) is 9.88 Å². The molecule has 98 valence electrons. The minimum Gasteiger partial charge on any atom is -0.465 e. The fourth-order valence-corrected chi connectivity index (χ4v) is 2.16. The highest BCUT2D eigenvalue weighted by Gasteiger charge is 2.31. The standard InChI is InChI=1S/C13H18N2O3/c1-13(17)5-6-15(9-13)8-11-4-3-10(7-14-11)12(16)18-2/h3-4,7,17H,5-6,8-9H2,1-2H3. The molecule has 5 nitrogen and oxygen atoms in total. The van der Waals surface area contributed by atoms with E-state index in [1.807, 2.05) is 13.0 Å². The van der Waals surface area contributed by atoms with Gasteiger partial charge in [0.15, 0.2) is 0 Å². The Labute approximate surface area is 106 Å². The fourth-order valence-electron chi connectivity index (χ4n) is 2.16. The van der Waals surface area contributed by atoms with Crippen LogP contribution in [0.3, 0.4) is 0 Å². The van der Waals surface area contributed by atoms with E-state index in [4.69, 9.17) is 0 Å². The monoisotopic (exact) mass is 250 g/mol. The van der Waals surface area contributed by atoms with Crippen molar-refractivity contribution >= 4 is 5.97 Å². The molecular formula is C13H18N2O3. The van der Waals surface area contributed by atoms with Crippen LogP contribution in [0.2, 0.25) is 0 Å². The molecule has 5 heteroatoms. The molecule has 0 amide bonds. The lowest BCUT2D eigenvalue weighted by Gasteiger charge is -2.18. The van der Waals surface area contributed by atoms with E-state index >= 15 is 0 Å². The van der Waals surface area contributed by atoms with Crippen LogP contribution in [0.1, 0.15) is 29.4 Å². The molecule has 1 atom stereocenters. The average Bonchev–Trinajstić information content (AvgIpc) is 2.68. The first-order valence-corrected chi connectivity index (χ1v) is 5.98. The Hall–Kier alpha value is -1.46. The molecule has 0 spiro atoms. The van der Waals surface area contributed by atoms with Gasteiger partial charge in [-0.15, -0.1) is 0 Å². The zero-order valence-corrected chi connectivity index (χ0v) is 10.7. The normalized spacial score (nSPS) is 24.2. The second-order valence-electron chi connectivity index (χ2n) is 4.99. The number of rotatable bonds is 3. The van der Waals surface area contributed by atoms with Gasteiger partial charge < -0.3 is 9.84 Å². The van der Waals surface area contributed by atoms with Crippen LogP contribution in [-0.2, 0) is 11.3 Å². The molecule has 0 aromatic carbocycles. The summed E-state index contributed by atoms with van der Waals surface area (Å²) in [5.74, 6) is -0.377. The smallest absolute Gasteiger partial charge is 0.339 e. The molecular weight excluding hydrogens is 232 g/mol. The van der Waals surface area contributed by atoms with E-state index in [-0.39, 0.29) is 5.97 Å². The predicted octanol–water partition coefficient (Wildman–Crippen LogP) is 0.825. The minimum atomic E-state index is -0.591. The van der Waals surface area contributed by atoms with E-state index in [1.54, 1.807) is 6.07 Å². The highest BCUT2D eigenvalue weighted by atomic mass is 16.5. The van der Waals surface area contributed by atoms with Gasteiger partial charge in [-0.25, -0.2) is 4.79 Å². The molecule has 1 N–H and O–H groups in total. The Bertz CT molecular complexity index is 428. The van der Waals surface area contributed by atoms with Crippen molar-refractivity contribution in [2.75, 3.05) is 20.2 Å². The maximum atomic E-state index is 11.2. The number of pyridine rings is 1. The third kappa shape index (κ3) is 3.05. The van der Waals surface area contributed by atoms with Gasteiger partial charge in [0.1, 0.15) is 0 Å². The molecule has 1 unspecified atom stereocenters. The number of likely N-dealkylation sites (tertiary alicyclic amines) is 1. The number of nitrogens with zero attached hydrogens (tertiary/aromatic N) is 2. The van der Waals surface area contributed by atoms with E-state index in [9.17, 15) is 9.90 Å². The van der Waals surface area contributed by atoms with E-state index in [0.717, 1.165) is 18.7 Å². The zero-order valence-electron chi connectivity index (χ0n) is 10.7. The first-order chi connectivity index (χ1) is 8.50. The number of esters is 1. The van der Waals surface area contributed by atoms with Gasteiger partial charge in [0, 0.05) is 25.8 Å². The number of ether oxygens (including phenoxy) is 1. The number of aliphatic hydroxyl groups is 1. The first kappa shape index (κ1) is 13.0. The SMILES string of the molecule is COC(=O)c1ccc(CN2CCC(C)(O)C2)nc1. The second kappa shape index (κ2) is 5.04. The quantitative estimate of drug-likeness (QED) is 0.805. The van der Waals surface area contributed by atoms with Crippen LogP contribution in [0.4, 0.5) is 0 Å². The van der Waals surface area contributed by atoms with Gasteiger partial charge in [-0.05, 0) is 25.5 Å². The van der Waals surface area contributed by atoms with Crippen molar-refractivity contribution in [3.63, 3.8) is 0 Å². The lowest BCUT2D eigenvalue weighted by molar-refractivity contribution is 0.0600. The molecule has 0 bridgehead atoms. The fraction of sp³-hybridized carbons (Fsp3) is 0.538. The van der Waals surface area contributed by atoms with Gasteiger partial charge in [-0.2, -0.15) is 0 Å². The van der Waals surface area contributed by atoms with Crippen LogP contribution in [0.5, 0.6) is 0 Å². The van der Waals surface area contributed by atoms with Gasteiger partial charge >= 0.3 is 5.97 Å². The first-order valence-electron chi connectivity index (χ1n) is 5.98.